The third-order valence-corrected chi connectivity index (χ3v) is 3.04. The van der Waals surface area contributed by atoms with Gasteiger partial charge in [0.05, 0.1) is 11.0 Å². The fourth-order valence-electron chi connectivity index (χ4n) is 1.94. The van der Waals surface area contributed by atoms with E-state index in [0.29, 0.717) is 17.0 Å². The number of nitrogens with zero attached hydrogens (tertiary/aromatic N) is 1. The molecule has 0 bridgehead atoms. The quantitative estimate of drug-likeness (QED) is 0.743. The number of hydrogen-bond acceptors (Lipinski definition) is 1. The van der Waals surface area contributed by atoms with Gasteiger partial charge in [0.1, 0.15) is 11.6 Å². The molecule has 2 aromatic carbocycles. The van der Waals surface area contributed by atoms with Crippen molar-refractivity contribution in [3.8, 4) is 0 Å². The Morgan fingerprint density at radius 2 is 2.00 bits per heavy atom. The molecule has 3 aromatic rings. The SMILES string of the molecule is Fc1ccccc1Cc1nc2ccc(Cl)cc2[nH]1. The van der Waals surface area contributed by atoms with Gasteiger partial charge in [0, 0.05) is 11.4 Å². The Hall–Kier alpha value is -1.87. The standard InChI is InChI=1S/C14H10ClFN2/c15-10-5-6-12-13(8-10)18-14(17-12)7-9-3-1-2-4-11(9)16/h1-6,8H,7H2,(H,17,18). The highest BCUT2D eigenvalue weighted by Gasteiger charge is 2.07. The second kappa shape index (κ2) is 4.42. The summed E-state index contributed by atoms with van der Waals surface area (Å²) in [6.07, 6.45) is 0.443. The minimum absolute atomic E-state index is 0.212. The smallest absolute Gasteiger partial charge is 0.126 e. The fourth-order valence-corrected chi connectivity index (χ4v) is 2.11. The summed E-state index contributed by atoms with van der Waals surface area (Å²) in [5.41, 5.74) is 2.34. The van der Waals surface area contributed by atoms with Crippen molar-refractivity contribution in [2.24, 2.45) is 0 Å². The van der Waals surface area contributed by atoms with Crippen molar-refractivity contribution in [1.82, 2.24) is 9.97 Å². The predicted octanol–water partition coefficient (Wildman–Crippen LogP) is 3.95. The van der Waals surface area contributed by atoms with Crippen molar-refractivity contribution < 1.29 is 4.39 Å². The lowest BCUT2D eigenvalue weighted by atomic mass is 10.1. The number of hydrogen-bond donors (Lipinski definition) is 1. The van der Waals surface area contributed by atoms with Crippen molar-refractivity contribution in [3.63, 3.8) is 0 Å². The number of H-pyrrole nitrogens is 1. The second-order valence-corrected chi connectivity index (χ2v) is 4.55. The highest BCUT2D eigenvalue weighted by Crippen LogP contribution is 2.19. The normalized spacial score (nSPS) is 11.0. The van der Waals surface area contributed by atoms with E-state index in [0.717, 1.165) is 16.9 Å². The summed E-state index contributed by atoms with van der Waals surface area (Å²) in [6, 6.07) is 12.2. The van der Waals surface area contributed by atoms with E-state index in [-0.39, 0.29) is 5.82 Å². The van der Waals surface area contributed by atoms with E-state index in [4.69, 9.17) is 11.6 Å². The van der Waals surface area contributed by atoms with Gasteiger partial charge in [0.15, 0.2) is 0 Å². The van der Waals surface area contributed by atoms with Gasteiger partial charge < -0.3 is 4.98 Å². The van der Waals surface area contributed by atoms with Gasteiger partial charge >= 0.3 is 0 Å². The summed E-state index contributed by atoms with van der Waals surface area (Å²) in [7, 11) is 0. The number of imidazole rings is 1. The van der Waals surface area contributed by atoms with Gasteiger partial charge in [-0.3, -0.25) is 0 Å². The first-order valence-electron chi connectivity index (χ1n) is 5.60. The zero-order valence-electron chi connectivity index (χ0n) is 9.45. The first-order valence-corrected chi connectivity index (χ1v) is 5.98. The van der Waals surface area contributed by atoms with Crippen LogP contribution >= 0.6 is 11.6 Å². The minimum Gasteiger partial charge on any atom is -0.342 e. The zero-order chi connectivity index (χ0) is 12.5. The van der Waals surface area contributed by atoms with Crippen LogP contribution in [0.2, 0.25) is 5.02 Å². The summed E-state index contributed by atoms with van der Waals surface area (Å²) in [6.45, 7) is 0. The summed E-state index contributed by atoms with van der Waals surface area (Å²) in [5.74, 6) is 0.522. The summed E-state index contributed by atoms with van der Waals surface area (Å²) in [5, 5.41) is 0.656. The summed E-state index contributed by atoms with van der Waals surface area (Å²) >= 11 is 5.91. The molecule has 0 saturated carbocycles. The fraction of sp³-hybridized carbons (Fsp3) is 0.0714. The average molecular weight is 261 g/mol. The molecule has 1 N–H and O–H groups in total. The monoisotopic (exact) mass is 260 g/mol. The molecule has 18 heavy (non-hydrogen) atoms. The summed E-state index contributed by atoms with van der Waals surface area (Å²) < 4.78 is 13.5. The molecule has 2 nitrogen and oxygen atoms in total. The molecular weight excluding hydrogens is 251 g/mol. The van der Waals surface area contributed by atoms with Crippen LogP contribution in [-0.4, -0.2) is 9.97 Å². The minimum atomic E-state index is -0.212. The molecule has 3 rings (SSSR count). The number of aromatic amines is 1. The van der Waals surface area contributed by atoms with Gasteiger partial charge in [0.2, 0.25) is 0 Å². The Morgan fingerprint density at radius 3 is 2.83 bits per heavy atom. The van der Waals surface area contributed by atoms with Crippen LogP contribution in [0.5, 0.6) is 0 Å². The van der Waals surface area contributed by atoms with Gasteiger partial charge in [-0.2, -0.15) is 0 Å². The van der Waals surface area contributed by atoms with E-state index in [1.54, 1.807) is 18.2 Å². The van der Waals surface area contributed by atoms with Crippen molar-refractivity contribution in [2.45, 2.75) is 6.42 Å². The van der Waals surface area contributed by atoms with E-state index in [9.17, 15) is 4.39 Å². The number of fused-ring (bicyclic) bond motifs is 1. The lowest BCUT2D eigenvalue weighted by Gasteiger charge is -1.99. The highest BCUT2D eigenvalue weighted by molar-refractivity contribution is 6.31. The van der Waals surface area contributed by atoms with Crippen LogP contribution in [0.4, 0.5) is 4.39 Å². The van der Waals surface area contributed by atoms with E-state index >= 15 is 0 Å². The van der Waals surface area contributed by atoms with Crippen LogP contribution in [0.15, 0.2) is 42.5 Å². The van der Waals surface area contributed by atoms with Crippen molar-refractivity contribution in [3.05, 3.63) is 64.7 Å². The van der Waals surface area contributed by atoms with E-state index in [2.05, 4.69) is 9.97 Å². The van der Waals surface area contributed by atoms with E-state index in [1.165, 1.54) is 6.07 Å². The lowest BCUT2D eigenvalue weighted by molar-refractivity contribution is 0.612. The molecule has 0 unspecified atom stereocenters. The third kappa shape index (κ3) is 2.09. The Balaban J connectivity index is 1.98. The first-order chi connectivity index (χ1) is 8.72. The molecule has 0 radical (unpaired) electrons. The molecular formula is C14H10ClFN2. The largest absolute Gasteiger partial charge is 0.342 e. The first kappa shape index (κ1) is 11.2. The molecule has 4 heteroatoms. The van der Waals surface area contributed by atoms with Crippen LogP contribution in [0.3, 0.4) is 0 Å². The topological polar surface area (TPSA) is 28.7 Å². The maximum absolute atomic E-state index is 13.5. The van der Waals surface area contributed by atoms with Crippen LogP contribution in [0.1, 0.15) is 11.4 Å². The highest BCUT2D eigenvalue weighted by atomic mass is 35.5. The molecule has 0 saturated heterocycles. The molecule has 0 atom stereocenters. The molecule has 0 fully saturated rings. The van der Waals surface area contributed by atoms with Crippen LogP contribution < -0.4 is 0 Å². The maximum atomic E-state index is 13.5. The average Bonchev–Trinajstić information content (AvgIpc) is 2.73. The Morgan fingerprint density at radius 1 is 1.17 bits per heavy atom. The van der Waals surface area contributed by atoms with E-state index in [1.807, 2.05) is 18.2 Å². The Labute approximate surface area is 108 Å². The van der Waals surface area contributed by atoms with Crippen molar-refractivity contribution in [2.75, 3.05) is 0 Å². The van der Waals surface area contributed by atoms with E-state index < -0.39 is 0 Å². The predicted molar refractivity (Wildman–Crippen MR) is 70.3 cm³/mol. The Kier molecular flexibility index (Phi) is 2.76. The van der Waals surface area contributed by atoms with Crippen LogP contribution in [-0.2, 0) is 6.42 Å². The number of aromatic nitrogens is 2. The molecule has 0 aliphatic heterocycles. The van der Waals surface area contributed by atoms with Crippen molar-refractivity contribution in [1.29, 1.82) is 0 Å². The molecule has 0 spiro atoms. The molecule has 0 aliphatic rings. The van der Waals surface area contributed by atoms with Crippen LogP contribution in [0, 0.1) is 5.82 Å². The molecule has 0 aliphatic carbocycles. The van der Waals surface area contributed by atoms with Gasteiger partial charge in [-0.05, 0) is 29.8 Å². The van der Waals surface area contributed by atoms with Gasteiger partial charge in [-0.15, -0.1) is 0 Å². The molecule has 0 amide bonds. The third-order valence-electron chi connectivity index (χ3n) is 2.81. The van der Waals surface area contributed by atoms with Gasteiger partial charge in [-0.1, -0.05) is 29.8 Å². The maximum Gasteiger partial charge on any atom is 0.126 e. The summed E-state index contributed by atoms with van der Waals surface area (Å²) in [4.78, 5) is 7.56. The van der Waals surface area contributed by atoms with Gasteiger partial charge in [-0.25, -0.2) is 9.37 Å². The number of rotatable bonds is 2. The Bertz CT molecular complexity index is 706. The second-order valence-electron chi connectivity index (χ2n) is 4.11. The number of nitrogens with one attached hydrogen (secondary N) is 1. The van der Waals surface area contributed by atoms with Crippen LogP contribution in [0.25, 0.3) is 11.0 Å². The number of benzene rings is 2. The van der Waals surface area contributed by atoms with Gasteiger partial charge in [0.25, 0.3) is 0 Å². The zero-order valence-corrected chi connectivity index (χ0v) is 10.2. The van der Waals surface area contributed by atoms with Crippen molar-refractivity contribution >= 4 is 22.6 Å². The number of halogens is 2. The molecule has 1 heterocycles. The molecule has 90 valence electrons. The molecule has 1 aromatic heterocycles. The lowest BCUT2D eigenvalue weighted by Crippen LogP contribution is -1.93.